The Kier molecular flexibility index (Phi) is 6.31. The highest BCUT2D eigenvalue weighted by atomic mass is 16.5. The summed E-state index contributed by atoms with van der Waals surface area (Å²) in [6.07, 6.45) is 12.4. The third-order valence-corrected chi connectivity index (χ3v) is 11.9. The molecular formula is C33H51N3O. The zero-order valence-electron chi connectivity index (χ0n) is 24.0. The second-order valence-electron chi connectivity index (χ2n) is 14.4. The van der Waals surface area contributed by atoms with Crippen LogP contribution in [0, 0.1) is 17.3 Å². The summed E-state index contributed by atoms with van der Waals surface area (Å²) in [6, 6.07) is 12.2. The molecule has 4 heteroatoms. The van der Waals surface area contributed by atoms with Crippen LogP contribution in [0.2, 0.25) is 0 Å². The van der Waals surface area contributed by atoms with Crippen LogP contribution >= 0.6 is 0 Å². The van der Waals surface area contributed by atoms with Crippen LogP contribution in [-0.2, 0) is 10.3 Å². The van der Waals surface area contributed by atoms with E-state index in [-0.39, 0.29) is 11.7 Å². The number of hydrogen-bond donors (Lipinski definition) is 0. The van der Waals surface area contributed by atoms with Crippen molar-refractivity contribution in [1.82, 2.24) is 14.7 Å². The van der Waals surface area contributed by atoms with E-state index < -0.39 is 0 Å². The van der Waals surface area contributed by atoms with Gasteiger partial charge in [-0.15, -0.1) is 0 Å². The fraction of sp³-hybridized carbons (Fsp3) is 0.818. The molecule has 1 aromatic carbocycles. The van der Waals surface area contributed by atoms with Gasteiger partial charge in [-0.05, 0) is 127 Å². The Morgan fingerprint density at radius 3 is 2.46 bits per heavy atom. The standard InChI is InChI=1S/C33H51N3O/c1-23(2)34-16-12-33(13-17-34)29-9-6-5-8-28(29)31(37-33)19-24(3)35-14-7-11-32(22-35)21-27(32)18-25(4)36-15-10-26-20-30(26)36/h5-6,8-9,23-27,30-31H,7,10-22H2,1-4H3. The maximum Gasteiger partial charge on any atom is 0.0967 e. The van der Waals surface area contributed by atoms with Crippen molar-refractivity contribution in [2.24, 2.45) is 17.3 Å². The highest BCUT2D eigenvalue weighted by Crippen LogP contribution is 2.61. The number of likely N-dealkylation sites (tertiary alicyclic amines) is 3. The fourth-order valence-corrected chi connectivity index (χ4v) is 9.38. The number of fused-ring (bicyclic) bond motifs is 3. The van der Waals surface area contributed by atoms with Gasteiger partial charge in [0.05, 0.1) is 11.7 Å². The topological polar surface area (TPSA) is 19.0 Å². The van der Waals surface area contributed by atoms with Crippen molar-refractivity contribution >= 4 is 0 Å². The molecule has 1 aromatic rings. The second-order valence-corrected chi connectivity index (χ2v) is 14.4. The van der Waals surface area contributed by atoms with Gasteiger partial charge in [-0.2, -0.15) is 0 Å². The molecule has 0 radical (unpaired) electrons. The average molecular weight is 506 g/mol. The molecule has 4 aliphatic heterocycles. The molecule has 0 amide bonds. The summed E-state index contributed by atoms with van der Waals surface area (Å²) in [6.45, 7) is 16.0. The molecule has 2 aliphatic carbocycles. The van der Waals surface area contributed by atoms with E-state index in [2.05, 4.69) is 66.7 Å². The number of piperidine rings is 3. The highest BCUT2D eigenvalue weighted by molar-refractivity contribution is 5.39. The predicted octanol–water partition coefficient (Wildman–Crippen LogP) is 6.21. The molecule has 2 saturated carbocycles. The molecule has 37 heavy (non-hydrogen) atoms. The molecule has 4 heterocycles. The number of rotatable bonds is 7. The van der Waals surface area contributed by atoms with Gasteiger partial charge >= 0.3 is 0 Å². The van der Waals surface area contributed by atoms with Crippen LogP contribution in [0.4, 0.5) is 0 Å². The summed E-state index contributed by atoms with van der Waals surface area (Å²) < 4.78 is 7.10. The molecule has 0 bridgehead atoms. The van der Waals surface area contributed by atoms with E-state index in [9.17, 15) is 0 Å². The van der Waals surface area contributed by atoms with Crippen LogP contribution in [0.15, 0.2) is 24.3 Å². The Balaban J connectivity index is 0.983. The van der Waals surface area contributed by atoms with E-state index >= 15 is 0 Å². The lowest BCUT2D eigenvalue weighted by Crippen LogP contribution is -2.46. The van der Waals surface area contributed by atoms with Crippen molar-refractivity contribution in [3.63, 3.8) is 0 Å². The molecule has 3 saturated heterocycles. The van der Waals surface area contributed by atoms with Gasteiger partial charge in [-0.3, -0.25) is 9.80 Å². The Morgan fingerprint density at radius 1 is 0.919 bits per heavy atom. The van der Waals surface area contributed by atoms with Gasteiger partial charge in [0.15, 0.2) is 0 Å². The van der Waals surface area contributed by atoms with E-state index in [1.807, 2.05) is 0 Å². The molecule has 7 unspecified atom stereocenters. The highest BCUT2D eigenvalue weighted by Gasteiger charge is 2.57. The fourth-order valence-electron chi connectivity index (χ4n) is 9.38. The summed E-state index contributed by atoms with van der Waals surface area (Å²) in [5, 5.41) is 0. The minimum atomic E-state index is -0.0522. The predicted molar refractivity (Wildman–Crippen MR) is 151 cm³/mol. The van der Waals surface area contributed by atoms with Crippen molar-refractivity contribution < 1.29 is 4.74 Å². The number of hydrogen-bond acceptors (Lipinski definition) is 4. The normalized spacial score (nSPS) is 38.7. The van der Waals surface area contributed by atoms with E-state index in [1.165, 1.54) is 69.3 Å². The van der Waals surface area contributed by atoms with Gasteiger partial charge in [-0.1, -0.05) is 24.3 Å². The molecule has 4 nitrogen and oxygen atoms in total. The molecule has 0 aromatic heterocycles. The van der Waals surface area contributed by atoms with Gasteiger partial charge < -0.3 is 9.64 Å². The van der Waals surface area contributed by atoms with Gasteiger partial charge in [0.25, 0.3) is 0 Å². The quantitative estimate of drug-likeness (QED) is 0.438. The van der Waals surface area contributed by atoms with Crippen LogP contribution in [0.3, 0.4) is 0 Å². The van der Waals surface area contributed by atoms with E-state index in [4.69, 9.17) is 4.74 Å². The molecule has 7 rings (SSSR count). The van der Waals surface area contributed by atoms with Crippen molar-refractivity contribution in [2.45, 2.75) is 121 Å². The third kappa shape index (κ3) is 4.42. The third-order valence-electron chi connectivity index (χ3n) is 11.9. The molecule has 6 aliphatic rings. The molecule has 5 fully saturated rings. The lowest BCUT2D eigenvalue weighted by Gasteiger charge is -2.42. The number of benzene rings is 1. The summed E-state index contributed by atoms with van der Waals surface area (Å²) in [4.78, 5) is 8.36. The van der Waals surface area contributed by atoms with Gasteiger partial charge in [-0.25, -0.2) is 0 Å². The Labute approximate surface area is 226 Å². The second kappa shape index (κ2) is 9.32. The summed E-state index contributed by atoms with van der Waals surface area (Å²) >= 11 is 0. The van der Waals surface area contributed by atoms with Crippen molar-refractivity contribution in [2.75, 3.05) is 32.7 Å². The molecular weight excluding hydrogens is 454 g/mol. The first-order valence-corrected chi connectivity index (χ1v) is 15.9. The molecule has 0 N–H and O–H groups in total. The molecule has 204 valence electrons. The van der Waals surface area contributed by atoms with Crippen LogP contribution in [0.5, 0.6) is 0 Å². The van der Waals surface area contributed by atoms with Crippen molar-refractivity contribution in [1.29, 1.82) is 0 Å². The van der Waals surface area contributed by atoms with Crippen molar-refractivity contribution in [3.05, 3.63) is 35.4 Å². The largest absolute Gasteiger partial charge is 0.362 e. The number of ether oxygens (including phenoxy) is 1. The summed E-state index contributed by atoms with van der Waals surface area (Å²) in [5.74, 6) is 2.03. The SMILES string of the molecule is CC(C)N1CCC2(CC1)OC(CC(C)N1CCCC3(CC3CC(C)N3CCC4CC43)C1)c1ccccc12. The zero-order valence-corrected chi connectivity index (χ0v) is 24.0. The zero-order chi connectivity index (χ0) is 25.4. The Hall–Kier alpha value is -0.940. The Bertz CT molecular complexity index is 986. The first kappa shape index (κ1) is 25.1. The Morgan fingerprint density at radius 2 is 1.73 bits per heavy atom. The van der Waals surface area contributed by atoms with Crippen LogP contribution in [0.1, 0.15) is 103 Å². The van der Waals surface area contributed by atoms with Crippen LogP contribution < -0.4 is 0 Å². The first-order chi connectivity index (χ1) is 17.9. The van der Waals surface area contributed by atoms with E-state index in [1.54, 1.807) is 0 Å². The maximum atomic E-state index is 7.10. The smallest absolute Gasteiger partial charge is 0.0967 e. The van der Waals surface area contributed by atoms with Gasteiger partial charge in [0, 0.05) is 43.8 Å². The first-order valence-electron chi connectivity index (χ1n) is 15.9. The summed E-state index contributed by atoms with van der Waals surface area (Å²) in [7, 11) is 0. The lowest BCUT2D eigenvalue weighted by atomic mass is 9.83. The lowest BCUT2D eigenvalue weighted by molar-refractivity contribution is -0.119. The van der Waals surface area contributed by atoms with Gasteiger partial charge in [0.1, 0.15) is 0 Å². The van der Waals surface area contributed by atoms with Crippen LogP contribution in [0.25, 0.3) is 0 Å². The summed E-state index contributed by atoms with van der Waals surface area (Å²) in [5.41, 5.74) is 3.56. The van der Waals surface area contributed by atoms with E-state index in [0.717, 1.165) is 56.3 Å². The molecule has 7 atom stereocenters. The average Bonchev–Trinajstić information content (AvgIpc) is 3.73. The minimum Gasteiger partial charge on any atom is -0.362 e. The van der Waals surface area contributed by atoms with E-state index in [0.29, 0.717) is 17.5 Å². The maximum absolute atomic E-state index is 7.10. The van der Waals surface area contributed by atoms with Crippen molar-refractivity contribution in [3.8, 4) is 0 Å². The number of nitrogens with zero attached hydrogens (tertiary/aromatic N) is 3. The molecule has 2 spiro atoms. The van der Waals surface area contributed by atoms with Gasteiger partial charge in [0.2, 0.25) is 0 Å². The minimum absolute atomic E-state index is 0.0522. The van der Waals surface area contributed by atoms with Crippen LogP contribution in [-0.4, -0.2) is 71.6 Å². The monoisotopic (exact) mass is 505 g/mol.